The molecule has 2 aliphatic carbocycles. The lowest BCUT2D eigenvalue weighted by atomic mass is 9.88. The number of likely N-dealkylation sites (N-methyl/N-ethyl adjacent to an activating group) is 1. The van der Waals surface area contributed by atoms with Gasteiger partial charge in [-0.05, 0) is 227 Å². The number of hydrogen-bond acceptors (Lipinski definition) is 33. The molecule has 34 nitrogen and oxygen atoms in total. The van der Waals surface area contributed by atoms with E-state index in [1.165, 1.54) is 51.5 Å². The maximum atomic E-state index is 14.5. The molecule has 10 N–H and O–H groups in total. The van der Waals surface area contributed by atoms with Gasteiger partial charge in [-0.3, -0.25) is 14.6 Å². The van der Waals surface area contributed by atoms with E-state index in [2.05, 4.69) is 158 Å². The minimum absolute atomic E-state index is 0.0494. The number of para-hydroxylation sites is 2. The van der Waals surface area contributed by atoms with Crippen LogP contribution in [0.1, 0.15) is 79.1 Å². The highest BCUT2D eigenvalue weighted by Gasteiger charge is 2.48. The van der Waals surface area contributed by atoms with Gasteiger partial charge in [0.15, 0.2) is 38.9 Å². The number of rotatable bonds is 36. The van der Waals surface area contributed by atoms with Crippen LogP contribution >= 0.6 is 63.4 Å². The Morgan fingerprint density at radius 1 is 0.463 bits per heavy atom. The zero-order chi connectivity index (χ0) is 107. The second-order valence-corrected chi connectivity index (χ2v) is 55.6. The quantitative estimate of drug-likeness (QED) is 0.0130. The Morgan fingerprint density at radius 2 is 0.859 bits per heavy atom. The molecule has 11 aromatic rings. The van der Waals surface area contributed by atoms with Gasteiger partial charge < -0.3 is 105 Å². The number of likely N-dealkylation sites (tertiary alicyclic amines) is 1. The predicted molar refractivity (Wildman–Crippen MR) is 603 cm³/mol. The molecule has 4 aliphatic heterocycles. The van der Waals surface area contributed by atoms with Crippen molar-refractivity contribution in [1.82, 2.24) is 54.6 Å². The molecule has 8 heterocycles. The lowest BCUT2D eigenvalue weighted by Crippen LogP contribution is -2.52. The molecule has 2 bridgehead atoms. The number of methoxy groups -OCH3 is 5. The number of carbonyl (C=O) groups is 1. The summed E-state index contributed by atoms with van der Waals surface area (Å²) < 4.78 is 133. The Hall–Kier alpha value is -11.5. The summed E-state index contributed by atoms with van der Waals surface area (Å²) >= 11 is 19.3. The number of anilines is 17. The fourth-order valence-electron chi connectivity index (χ4n) is 19.2. The number of piperazine rings is 1. The minimum Gasteiger partial charge on any atom is -0.495 e. The number of aromatic nitrogens is 8. The van der Waals surface area contributed by atoms with Crippen LogP contribution in [0.25, 0.3) is 0 Å². The average Bonchev–Trinajstić information content (AvgIpc) is 1.62. The molecule has 1 saturated carbocycles. The summed E-state index contributed by atoms with van der Waals surface area (Å²) in [5.74, 6) is 4.05. The van der Waals surface area contributed by atoms with Gasteiger partial charge in [0.05, 0.1) is 116 Å². The average molecular weight is 2200 g/mol. The second kappa shape index (κ2) is 50.2. The normalized spacial score (nSPS) is 17.8. The van der Waals surface area contributed by atoms with Crippen molar-refractivity contribution >= 4 is 199 Å². The smallest absolute Gasteiger partial charge is 0.229 e. The number of carbonyl (C=O) groups excluding carboxylic acids is 1. The van der Waals surface area contributed by atoms with Crippen LogP contribution in [-0.4, -0.2) is 259 Å². The number of alkyl halides is 1. The number of fused-ring (bicyclic) bond motifs is 2. The molecule has 798 valence electrons. The number of nitrogens with two attached hydrogens (primary N) is 1. The highest BCUT2D eigenvalue weighted by atomic mass is 35.5. The van der Waals surface area contributed by atoms with Crippen molar-refractivity contribution in [3.05, 3.63) is 197 Å². The first kappa shape index (κ1) is 113. The molecular weight excluding hydrogens is 2060 g/mol. The summed E-state index contributed by atoms with van der Waals surface area (Å²) in [7, 11) is -3.37. The molecule has 0 radical (unpaired) electrons. The van der Waals surface area contributed by atoms with E-state index in [0.29, 0.717) is 145 Å². The van der Waals surface area contributed by atoms with E-state index in [1.54, 1.807) is 143 Å². The summed E-state index contributed by atoms with van der Waals surface area (Å²) in [5, 5.41) is 28.6. The van der Waals surface area contributed by atoms with Crippen molar-refractivity contribution in [2.75, 3.05) is 213 Å². The first-order valence-electron chi connectivity index (χ1n) is 49.7. The number of ether oxygens (including phenoxy) is 5. The number of allylic oxidation sites excluding steroid dienone is 1. The van der Waals surface area contributed by atoms with Gasteiger partial charge in [-0.15, -0.1) is 0 Å². The van der Waals surface area contributed by atoms with E-state index >= 15 is 0 Å². The molecular formula is C105H135Cl3F2N22O12P4S. The lowest BCUT2D eigenvalue weighted by molar-refractivity contribution is -0.122. The van der Waals surface area contributed by atoms with Gasteiger partial charge in [0.1, 0.15) is 78.6 Å². The number of benzene rings is 7. The third-order valence-electron chi connectivity index (χ3n) is 27.3. The third-order valence-corrected chi connectivity index (χ3v) is 38.5. The van der Waals surface area contributed by atoms with Crippen molar-refractivity contribution in [2.45, 2.75) is 114 Å². The number of primary amides is 1. The standard InChI is InChI=1S/C34H49ClN7O3P.C28H35ClFN6O2P.C22H26FN4O4PS.C21H25ClN5O3P/c1-6-20-46(43,21-7-2)27-9-11-29(32(23-27)45-5)37-33-28(35)24-36-34(39-33)38-30-10-8-26(22-31(30)44-4)41-14-12-25(13-15-41)42-18-16-40(3)17-19-42;1-38-25-16-21(35-14-11-20(12-15-35)36-13-10-19(30)18-36)8-9-23(25)33-28-31-17-22(29)27(34-28)32-24-6-4-5-7-26(24)39(2,3)37;1-14(2)33(29,30)20-9-7-6-8-18(20)25-21-16(23)13-24-22(27-21)26-17-11-10-15(32(4,5)28)12-19(17)31-3;1-30-16-9-13(31(2,3)29)6-7-15(16)25-21-24-10-14(22)20(27-21)26-18-12-5-4-11(8-12)17(18)19(23)28/h8-11,22-25H,6-7,12-21H2,1-5H3,(H2,36,37,38,39);4-9,16-17,19-20H,10-15,18H2,1-3H3,(H2,31,32,33,34);6-14H,1-5H3,(H2,24,25,26,27);4-7,9-12,17-18H,8H2,1-3H3,(H2,23,28)(H2,24,25,26,27)/t;19-;;/m.1../s1. The van der Waals surface area contributed by atoms with Crippen molar-refractivity contribution in [3.8, 4) is 28.7 Å². The van der Waals surface area contributed by atoms with E-state index in [0.717, 1.165) is 123 Å². The molecule has 4 saturated heterocycles. The molecule has 7 aromatic carbocycles. The first-order valence-corrected chi connectivity index (χ1v) is 62.3. The number of piperidine rings is 2. The van der Waals surface area contributed by atoms with E-state index < -0.39 is 55.6 Å². The molecule has 4 unspecified atom stereocenters. The molecule has 17 rings (SSSR count). The number of amides is 1. The molecule has 1 amide bonds. The van der Waals surface area contributed by atoms with Gasteiger partial charge in [0.2, 0.25) is 29.7 Å². The minimum atomic E-state index is -3.61. The van der Waals surface area contributed by atoms with Gasteiger partial charge in [-0.2, -0.15) is 19.9 Å². The van der Waals surface area contributed by atoms with Crippen molar-refractivity contribution in [1.29, 1.82) is 0 Å². The summed E-state index contributed by atoms with van der Waals surface area (Å²) in [4.78, 5) is 59.1. The number of hydrogen-bond donors (Lipinski definition) is 9. The largest absolute Gasteiger partial charge is 0.495 e. The summed E-state index contributed by atoms with van der Waals surface area (Å²) in [6.45, 7) is 27.5. The van der Waals surface area contributed by atoms with Crippen LogP contribution < -0.4 is 103 Å². The predicted octanol–water partition coefficient (Wildman–Crippen LogP) is 20.3. The Labute approximate surface area is 886 Å². The zero-order valence-corrected chi connectivity index (χ0v) is 93.5. The number of sulfone groups is 1. The monoisotopic (exact) mass is 2190 g/mol. The Bertz CT molecular complexity index is 6910. The van der Waals surface area contributed by atoms with Crippen molar-refractivity contribution < 1.29 is 63.9 Å². The Kier molecular flexibility index (Phi) is 38.1. The van der Waals surface area contributed by atoms with Gasteiger partial charge in [0, 0.05) is 141 Å². The maximum absolute atomic E-state index is 14.5. The van der Waals surface area contributed by atoms with E-state index in [9.17, 15) is 40.3 Å². The molecule has 149 heavy (non-hydrogen) atoms. The number of nitrogens with zero attached hydrogens (tertiary/aromatic N) is 13. The zero-order valence-electron chi connectivity index (χ0n) is 86.9. The van der Waals surface area contributed by atoms with Gasteiger partial charge in [-0.1, -0.05) is 85.1 Å². The summed E-state index contributed by atoms with van der Waals surface area (Å²) in [6.07, 6.45) is 18.1. The fraction of sp³-hybridized carbons (Fsp3) is 0.419. The fourth-order valence-corrected chi connectivity index (χ4v) is 26.6. The summed E-state index contributed by atoms with van der Waals surface area (Å²) in [5.41, 5.74) is 12.1. The number of nitrogens with one attached hydrogen (secondary N) is 8. The van der Waals surface area contributed by atoms with Gasteiger partial charge in [-0.25, -0.2) is 37.1 Å². The van der Waals surface area contributed by atoms with Crippen LogP contribution in [0.15, 0.2) is 181 Å². The highest BCUT2D eigenvalue weighted by molar-refractivity contribution is 7.92. The van der Waals surface area contributed by atoms with Crippen molar-refractivity contribution in [3.63, 3.8) is 0 Å². The first-order chi connectivity index (χ1) is 71.1. The third kappa shape index (κ3) is 28.7. The SMILES string of the molecule is CCCP(=O)(CCC)c1ccc(Nc2nc(Nc3ccc(N4CCC(N5CCN(C)CC5)CC4)cc3OC)ncc2Cl)c(OC)c1.COc1cc(N2CCC(N3CC[C@@H](F)C3)CC2)ccc1Nc1ncc(Cl)c(Nc2ccccc2P(C)(C)=O)n1.COc1cc(P(C)(C)=O)ccc1Nc1ncc(Cl)c(NC2C3C=CC(C3)C2C(N)=O)n1.COc1cc(P(C)(C)=O)ccc1Nc1ncc(F)c(Nc2ccccc2S(=O)(=O)C(C)C)n1. The molecule has 44 heteroatoms. The van der Waals surface area contributed by atoms with Gasteiger partial charge >= 0.3 is 0 Å². The molecule has 0 spiro atoms. The lowest BCUT2D eigenvalue weighted by Gasteiger charge is -2.42. The van der Waals surface area contributed by atoms with Crippen LogP contribution in [0.2, 0.25) is 15.1 Å². The number of halogens is 5. The van der Waals surface area contributed by atoms with Crippen LogP contribution in [0.3, 0.4) is 0 Å². The van der Waals surface area contributed by atoms with Crippen LogP contribution in [0.5, 0.6) is 28.7 Å². The van der Waals surface area contributed by atoms with E-state index in [4.69, 9.17) is 64.2 Å². The van der Waals surface area contributed by atoms with Crippen LogP contribution in [0.4, 0.5) is 107 Å². The Balaban J connectivity index is 0.000000158. The van der Waals surface area contributed by atoms with E-state index in [1.807, 2.05) is 60.7 Å². The van der Waals surface area contributed by atoms with Gasteiger partial charge in [0.25, 0.3) is 0 Å². The van der Waals surface area contributed by atoms with E-state index in [-0.39, 0.29) is 52.1 Å². The Morgan fingerprint density at radius 3 is 1.31 bits per heavy atom. The topological polar surface area (TPSA) is 407 Å². The van der Waals surface area contributed by atoms with Crippen molar-refractivity contribution in [2.24, 2.45) is 23.5 Å². The highest BCUT2D eigenvalue weighted by Crippen LogP contribution is 2.50. The molecule has 5 fully saturated rings. The second-order valence-electron chi connectivity index (χ2n) is 39.1. The molecule has 6 aliphatic rings. The van der Waals surface area contributed by atoms with Crippen LogP contribution in [0, 0.1) is 23.6 Å². The molecule has 4 aromatic heterocycles. The molecule has 5 atom stereocenters. The van der Waals surface area contributed by atoms with Crippen LogP contribution in [-0.2, 0) is 32.9 Å². The maximum Gasteiger partial charge on any atom is 0.229 e. The summed E-state index contributed by atoms with van der Waals surface area (Å²) in [6, 6.07) is 43.0.